The lowest BCUT2D eigenvalue weighted by atomic mass is 9.86. The molecule has 262 valence electrons. The molecule has 2 bridgehead atoms. The Morgan fingerprint density at radius 1 is 0.940 bits per heavy atom. The Hall–Kier alpha value is -4.45. The maximum absolute atomic E-state index is 15.7. The molecule has 0 saturated carbocycles. The minimum atomic E-state index is -0.975. The molecule has 0 unspecified atom stereocenters. The Kier molecular flexibility index (Phi) is 11.1. The molecule has 0 radical (unpaired) electrons. The molecule has 3 aliphatic rings. The number of hydrogen-bond donors (Lipinski definition) is 0. The molecule has 0 aliphatic carbocycles. The van der Waals surface area contributed by atoms with Crippen LogP contribution in [0.25, 0.3) is 0 Å². The van der Waals surface area contributed by atoms with Crippen molar-refractivity contribution in [2.45, 2.75) is 38.0 Å². The Balaban J connectivity index is 1.24. The zero-order chi connectivity index (χ0) is 35.4. The molecular formula is C37H35Cl2F2N3O6. The van der Waals surface area contributed by atoms with Crippen LogP contribution in [0.1, 0.15) is 46.0 Å². The molecule has 3 aliphatic heterocycles. The summed E-state index contributed by atoms with van der Waals surface area (Å²) in [6, 6.07) is 14.7. The SMILES string of the molecule is COc1ccc([C@H](Cc2c(Cl)cncc2Cl)OC(=O)c2ccc(CN(C(=O)O[C@H]3CN4CCC3CC4)c3ccccc3F)cc2F)cc1OC. The van der Waals surface area contributed by atoms with E-state index in [4.69, 9.17) is 42.1 Å². The highest BCUT2D eigenvalue weighted by molar-refractivity contribution is 6.35. The molecular weight excluding hydrogens is 691 g/mol. The van der Waals surface area contributed by atoms with Gasteiger partial charge in [-0.05, 0) is 84.9 Å². The Morgan fingerprint density at radius 2 is 1.66 bits per heavy atom. The normalized spacial score (nSPS) is 18.6. The van der Waals surface area contributed by atoms with Crippen molar-refractivity contribution < 1.29 is 37.3 Å². The second kappa shape index (κ2) is 15.6. The lowest BCUT2D eigenvalue weighted by Gasteiger charge is -2.44. The van der Waals surface area contributed by atoms with Crippen LogP contribution in [-0.2, 0) is 22.4 Å². The topological polar surface area (TPSA) is 90.4 Å². The number of benzene rings is 3. The first-order valence-corrected chi connectivity index (χ1v) is 16.8. The summed E-state index contributed by atoms with van der Waals surface area (Å²) in [5.74, 6) is -1.39. The van der Waals surface area contributed by atoms with Crippen LogP contribution in [0.5, 0.6) is 11.5 Å². The van der Waals surface area contributed by atoms with Gasteiger partial charge in [0, 0.05) is 25.4 Å². The standard InChI is InChI=1S/C37H35Cl2F2N3O6/c1-47-32-10-8-24(16-34(32)48-2)33(17-26-27(38)18-42-19-28(26)39)49-36(45)25-9-7-22(15-30(25)41)20-44(31-6-4-3-5-29(31)40)37(46)50-35-21-43-13-11-23(35)12-14-43/h3-10,15-16,18-19,23,33,35H,11-14,17,20-21H2,1-2H3/t33-,35-/m0/s1. The first-order chi connectivity index (χ1) is 24.1. The highest BCUT2D eigenvalue weighted by Crippen LogP contribution is 2.36. The largest absolute Gasteiger partial charge is 0.493 e. The maximum Gasteiger partial charge on any atom is 0.415 e. The Bertz CT molecular complexity index is 1850. The number of methoxy groups -OCH3 is 2. The molecule has 0 spiro atoms. The number of piperidine rings is 3. The second-order valence-corrected chi connectivity index (χ2v) is 13.0. The molecule has 0 N–H and O–H groups in total. The van der Waals surface area contributed by atoms with Crippen molar-refractivity contribution in [2.24, 2.45) is 5.92 Å². The molecule has 1 aromatic heterocycles. The van der Waals surface area contributed by atoms with Gasteiger partial charge in [0.15, 0.2) is 11.5 Å². The van der Waals surface area contributed by atoms with Gasteiger partial charge in [0.1, 0.15) is 23.8 Å². The van der Waals surface area contributed by atoms with Crippen LogP contribution in [0, 0.1) is 17.6 Å². The number of anilines is 1. The highest BCUT2D eigenvalue weighted by Gasteiger charge is 2.38. The zero-order valence-electron chi connectivity index (χ0n) is 27.4. The van der Waals surface area contributed by atoms with E-state index in [0.717, 1.165) is 36.9 Å². The molecule has 50 heavy (non-hydrogen) atoms. The molecule has 4 aromatic rings. The number of esters is 1. The smallest absolute Gasteiger partial charge is 0.415 e. The summed E-state index contributed by atoms with van der Waals surface area (Å²) in [4.78, 5) is 34.5. The van der Waals surface area contributed by atoms with Crippen LogP contribution in [-0.4, -0.2) is 61.9 Å². The second-order valence-electron chi connectivity index (χ2n) is 12.2. The number of fused-ring (bicyclic) bond motifs is 3. The predicted molar refractivity (Wildman–Crippen MR) is 184 cm³/mol. The summed E-state index contributed by atoms with van der Waals surface area (Å²) in [6.07, 6.45) is 2.72. The highest BCUT2D eigenvalue weighted by atomic mass is 35.5. The molecule has 9 nitrogen and oxygen atoms in total. The van der Waals surface area contributed by atoms with Crippen molar-refractivity contribution in [3.63, 3.8) is 0 Å². The third kappa shape index (κ3) is 7.80. The van der Waals surface area contributed by atoms with Gasteiger partial charge in [0.05, 0.1) is 42.1 Å². The number of halogens is 4. The molecule has 7 rings (SSSR count). The fourth-order valence-corrected chi connectivity index (χ4v) is 6.97. The van der Waals surface area contributed by atoms with Gasteiger partial charge in [-0.3, -0.25) is 14.8 Å². The molecule has 2 atom stereocenters. The van der Waals surface area contributed by atoms with E-state index < -0.39 is 29.8 Å². The average Bonchev–Trinajstić information content (AvgIpc) is 3.12. The van der Waals surface area contributed by atoms with E-state index in [-0.39, 0.29) is 46.3 Å². The quantitative estimate of drug-likeness (QED) is 0.144. The summed E-state index contributed by atoms with van der Waals surface area (Å²) in [5, 5.41) is 0.530. The van der Waals surface area contributed by atoms with Crippen LogP contribution in [0.15, 0.2) is 73.1 Å². The molecule has 4 heterocycles. The number of rotatable bonds is 11. The van der Waals surface area contributed by atoms with Crippen molar-refractivity contribution >= 4 is 41.0 Å². The number of para-hydroxylation sites is 1. The maximum atomic E-state index is 15.7. The lowest BCUT2D eigenvalue weighted by molar-refractivity contribution is -0.0311. The summed E-state index contributed by atoms with van der Waals surface area (Å²) >= 11 is 12.8. The number of pyridine rings is 1. The van der Waals surface area contributed by atoms with Crippen molar-refractivity contribution in [1.82, 2.24) is 9.88 Å². The van der Waals surface area contributed by atoms with E-state index in [9.17, 15) is 9.59 Å². The zero-order valence-corrected chi connectivity index (χ0v) is 28.9. The number of aromatic nitrogens is 1. The predicted octanol–water partition coefficient (Wildman–Crippen LogP) is 8.06. The van der Waals surface area contributed by atoms with E-state index in [2.05, 4.69) is 9.88 Å². The third-order valence-corrected chi connectivity index (χ3v) is 9.83. The van der Waals surface area contributed by atoms with Crippen molar-refractivity contribution in [2.75, 3.05) is 38.8 Å². The van der Waals surface area contributed by atoms with Crippen LogP contribution in [0.4, 0.5) is 19.3 Å². The summed E-state index contributed by atoms with van der Waals surface area (Å²) in [6.45, 7) is 2.34. The van der Waals surface area contributed by atoms with Crippen molar-refractivity contribution in [3.05, 3.63) is 117 Å². The minimum Gasteiger partial charge on any atom is -0.493 e. The number of nitrogens with zero attached hydrogens (tertiary/aromatic N) is 3. The van der Waals surface area contributed by atoms with E-state index in [0.29, 0.717) is 34.7 Å². The number of amides is 1. The number of hydrogen-bond acceptors (Lipinski definition) is 8. The first kappa shape index (κ1) is 35.4. The average molecular weight is 727 g/mol. The number of carbonyl (C=O) groups excluding carboxylic acids is 2. The van der Waals surface area contributed by atoms with Crippen LogP contribution < -0.4 is 14.4 Å². The number of carbonyl (C=O) groups is 2. The molecule has 3 aromatic carbocycles. The third-order valence-electron chi connectivity index (χ3n) is 9.18. The van der Waals surface area contributed by atoms with Gasteiger partial charge in [0.2, 0.25) is 0 Å². The summed E-state index contributed by atoms with van der Waals surface area (Å²) in [7, 11) is 2.97. The van der Waals surface area contributed by atoms with Crippen LogP contribution in [0.3, 0.4) is 0 Å². The van der Waals surface area contributed by atoms with E-state index >= 15 is 8.78 Å². The Labute approximate surface area is 298 Å². The summed E-state index contributed by atoms with van der Waals surface area (Å²) in [5.41, 5.74) is 0.941. The first-order valence-electron chi connectivity index (χ1n) is 16.1. The monoisotopic (exact) mass is 725 g/mol. The van der Waals surface area contributed by atoms with Gasteiger partial charge in [-0.25, -0.2) is 18.4 Å². The van der Waals surface area contributed by atoms with E-state index in [1.807, 2.05) is 0 Å². The van der Waals surface area contributed by atoms with Crippen molar-refractivity contribution in [3.8, 4) is 11.5 Å². The van der Waals surface area contributed by atoms with Gasteiger partial charge >= 0.3 is 12.1 Å². The molecule has 3 fully saturated rings. The molecule has 3 saturated heterocycles. The number of ether oxygens (including phenoxy) is 4. The van der Waals surface area contributed by atoms with Crippen LogP contribution >= 0.6 is 23.2 Å². The molecule has 1 amide bonds. The van der Waals surface area contributed by atoms with Crippen LogP contribution in [0.2, 0.25) is 10.0 Å². The minimum absolute atomic E-state index is 0.00568. The van der Waals surface area contributed by atoms with Gasteiger partial charge in [0.25, 0.3) is 0 Å². The fraction of sp³-hybridized carbons (Fsp3) is 0.324. The van der Waals surface area contributed by atoms with Gasteiger partial charge in [-0.1, -0.05) is 47.5 Å². The lowest BCUT2D eigenvalue weighted by Crippen LogP contribution is -2.53. The van der Waals surface area contributed by atoms with Gasteiger partial charge in [-0.2, -0.15) is 0 Å². The molecule has 13 heteroatoms. The Morgan fingerprint density at radius 3 is 2.30 bits per heavy atom. The summed E-state index contributed by atoms with van der Waals surface area (Å²) < 4.78 is 53.3. The fourth-order valence-electron chi connectivity index (χ4n) is 6.45. The van der Waals surface area contributed by atoms with Gasteiger partial charge in [-0.15, -0.1) is 0 Å². The van der Waals surface area contributed by atoms with Crippen molar-refractivity contribution in [1.29, 1.82) is 0 Å². The van der Waals surface area contributed by atoms with Gasteiger partial charge < -0.3 is 18.9 Å². The van der Waals surface area contributed by atoms with E-state index in [1.54, 1.807) is 24.3 Å². The van der Waals surface area contributed by atoms with E-state index in [1.165, 1.54) is 56.9 Å².